The Hall–Kier alpha value is -0.290. The quantitative estimate of drug-likeness (QED) is 0.832. The van der Waals surface area contributed by atoms with Crippen LogP contribution in [0.1, 0.15) is 19.3 Å². The molecule has 2 saturated carbocycles. The number of hydrogen-bond acceptors (Lipinski definition) is 2. The van der Waals surface area contributed by atoms with Crippen molar-refractivity contribution < 1.29 is 8.42 Å². The Morgan fingerprint density at radius 2 is 1.70 bits per heavy atom. The van der Waals surface area contributed by atoms with Crippen LogP contribution in [0.15, 0.2) is 23.1 Å². The van der Waals surface area contributed by atoms with Crippen LogP contribution < -0.4 is 0 Å². The molecule has 1 saturated heterocycles. The lowest BCUT2D eigenvalue weighted by Gasteiger charge is -2.49. The molecule has 0 radical (unpaired) electrons. The minimum absolute atomic E-state index is 0.219. The van der Waals surface area contributed by atoms with Crippen molar-refractivity contribution >= 4 is 33.2 Å². The van der Waals surface area contributed by atoms with Gasteiger partial charge in [0.1, 0.15) is 0 Å². The fourth-order valence-electron chi connectivity index (χ4n) is 4.35. The molecule has 3 fully saturated rings. The number of benzene rings is 1. The molecule has 4 rings (SSSR count). The Balaban J connectivity index is 1.68. The first-order valence-electron chi connectivity index (χ1n) is 6.95. The van der Waals surface area contributed by atoms with E-state index in [0.717, 1.165) is 5.92 Å². The molecule has 108 valence electrons. The van der Waals surface area contributed by atoms with Gasteiger partial charge in [0.15, 0.2) is 0 Å². The molecule has 20 heavy (non-hydrogen) atoms. The lowest BCUT2D eigenvalue weighted by atomic mass is 9.79. The zero-order valence-electron chi connectivity index (χ0n) is 10.8. The van der Waals surface area contributed by atoms with E-state index in [1.807, 2.05) is 0 Å². The summed E-state index contributed by atoms with van der Waals surface area (Å²) in [5.41, 5.74) is 0. The largest absolute Gasteiger partial charge is 0.243 e. The maximum atomic E-state index is 12.7. The van der Waals surface area contributed by atoms with E-state index in [1.165, 1.54) is 31.4 Å². The number of halogens is 2. The lowest BCUT2D eigenvalue weighted by Crippen LogP contribution is -2.60. The van der Waals surface area contributed by atoms with Crippen molar-refractivity contribution in [3.05, 3.63) is 28.2 Å². The van der Waals surface area contributed by atoms with Crippen LogP contribution in [0.5, 0.6) is 0 Å². The molecule has 2 bridgehead atoms. The fraction of sp³-hybridized carbons (Fsp3) is 0.571. The van der Waals surface area contributed by atoms with Gasteiger partial charge in [-0.3, -0.25) is 0 Å². The number of hydrogen-bond donors (Lipinski definition) is 0. The maximum absolute atomic E-state index is 12.7. The van der Waals surface area contributed by atoms with Gasteiger partial charge in [-0.1, -0.05) is 23.2 Å². The van der Waals surface area contributed by atoms with E-state index in [1.54, 1.807) is 10.4 Å². The molecule has 1 aromatic carbocycles. The van der Waals surface area contributed by atoms with Crippen LogP contribution in [0.2, 0.25) is 10.0 Å². The molecule has 0 amide bonds. The van der Waals surface area contributed by atoms with Crippen LogP contribution in [-0.2, 0) is 10.0 Å². The molecule has 0 aromatic heterocycles. The van der Waals surface area contributed by atoms with E-state index in [-0.39, 0.29) is 10.9 Å². The van der Waals surface area contributed by atoms with Crippen molar-refractivity contribution in [1.82, 2.24) is 4.31 Å². The summed E-state index contributed by atoms with van der Waals surface area (Å²) in [5.74, 6) is 1.89. The zero-order chi connectivity index (χ0) is 14.1. The highest BCUT2D eigenvalue weighted by atomic mass is 35.5. The van der Waals surface area contributed by atoms with Crippen LogP contribution in [0.3, 0.4) is 0 Å². The van der Waals surface area contributed by atoms with E-state index in [0.29, 0.717) is 28.4 Å². The van der Waals surface area contributed by atoms with Crippen molar-refractivity contribution in [2.45, 2.75) is 30.2 Å². The third kappa shape index (κ3) is 1.78. The molecule has 0 N–H and O–H groups in total. The Kier molecular flexibility index (Phi) is 2.91. The molecule has 3 nitrogen and oxygen atoms in total. The van der Waals surface area contributed by atoms with Gasteiger partial charge < -0.3 is 0 Å². The Labute approximate surface area is 128 Å². The van der Waals surface area contributed by atoms with Gasteiger partial charge in [0.2, 0.25) is 10.0 Å². The maximum Gasteiger partial charge on any atom is 0.243 e. The van der Waals surface area contributed by atoms with Crippen LogP contribution in [0.4, 0.5) is 0 Å². The van der Waals surface area contributed by atoms with Gasteiger partial charge >= 0.3 is 0 Å². The molecule has 6 heteroatoms. The van der Waals surface area contributed by atoms with E-state index < -0.39 is 10.0 Å². The summed E-state index contributed by atoms with van der Waals surface area (Å²) in [4.78, 5) is 0.219. The summed E-state index contributed by atoms with van der Waals surface area (Å²) in [6.07, 6.45) is 3.66. The second-order valence-electron chi connectivity index (χ2n) is 6.17. The van der Waals surface area contributed by atoms with E-state index in [4.69, 9.17) is 23.2 Å². The molecule has 2 aliphatic carbocycles. The number of fused-ring (bicyclic) bond motifs is 5. The fourth-order valence-corrected chi connectivity index (χ4v) is 6.84. The summed E-state index contributed by atoms with van der Waals surface area (Å²) in [7, 11) is -3.46. The van der Waals surface area contributed by atoms with Crippen molar-refractivity contribution in [2.24, 2.45) is 17.8 Å². The van der Waals surface area contributed by atoms with Gasteiger partial charge in [0.25, 0.3) is 0 Å². The highest BCUT2D eigenvalue weighted by Gasteiger charge is 2.59. The Bertz CT molecular complexity index is 654. The molecule has 1 aliphatic heterocycles. The van der Waals surface area contributed by atoms with E-state index in [2.05, 4.69) is 0 Å². The van der Waals surface area contributed by atoms with Gasteiger partial charge in [-0.05, 0) is 55.2 Å². The highest BCUT2D eigenvalue weighted by molar-refractivity contribution is 7.89. The first-order chi connectivity index (χ1) is 9.46. The normalized spacial score (nSPS) is 35.9. The predicted octanol–water partition coefficient (Wildman–Crippen LogP) is 3.41. The first kappa shape index (κ1) is 13.4. The smallest absolute Gasteiger partial charge is 0.207 e. The second kappa shape index (κ2) is 4.35. The summed E-state index contributed by atoms with van der Waals surface area (Å²) in [6, 6.07) is 4.75. The van der Waals surface area contributed by atoms with E-state index in [9.17, 15) is 8.42 Å². The second-order valence-corrected chi connectivity index (χ2v) is 8.93. The van der Waals surface area contributed by atoms with Crippen molar-refractivity contribution in [1.29, 1.82) is 0 Å². The SMILES string of the molecule is O=S(=O)(c1cc(Cl)cc(Cl)c1)N1C[C@H]2[C@H]3CC[C@@H](C3)[C@@H]21. The molecule has 4 atom stereocenters. The number of nitrogens with zero attached hydrogens (tertiary/aromatic N) is 1. The van der Waals surface area contributed by atoms with Crippen molar-refractivity contribution in [3.8, 4) is 0 Å². The Morgan fingerprint density at radius 1 is 1.05 bits per heavy atom. The third-order valence-corrected chi connectivity index (χ3v) is 7.48. The van der Waals surface area contributed by atoms with E-state index >= 15 is 0 Å². The van der Waals surface area contributed by atoms with Gasteiger partial charge in [0.05, 0.1) is 4.90 Å². The zero-order valence-corrected chi connectivity index (χ0v) is 13.1. The minimum Gasteiger partial charge on any atom is -0.207 e. The summed E-state index contributed by atoms with van der Waals surface area (Å²) in [5, 5.41) is 0.724. The summed E-state index contributed by atoms with van der Waals surface area (Å²) >= 11 is 11.9. The van der Waals surface area contributed by atoms with Crippen LogP contribution >= 0.6 is 23.2 Å². The number of rotatable bonds is 2. The molecule has 3 aliphatic rings. The standard InChI is InChI=1S/C14H15Cl2NO2S/c15-10-4-11(16)6-12(5-10)20(18,19)17-7-13-8-1-2-9(3-8)14(13)17/h4-6,8-9,13-14H,1-3,7H2/t8-,9-,13-,14-/m0/s1. The van der Waals surface area contributed by atoms with Crippen LogP contribution in [-0.4, -0.2) is 25.3 Å². The molecule has 1 aromatic rings. The molecule has 0 unspecified atom stereocenters. The predicted molar refractivity (Wildman–Crippen MR) is 78.5 cm³/mol. The average Bonchev–Trinajstić information content (AvgIpc) is 2.83. The van der Waals surface area contributed by atoms with Gasteiger partial charge in [-0.2, -0.15) is 4.31 Å². The topological polar surface area (TPSA) is 37.4 Å². The highest BCUT2D eigenvalue weighted by Crippen LogP contribution is 2.56. The van der Waals surface area contributed by atoms with Crippen molar-refractivity contribution in [3.63, 3.8) is 0 Å². The Morgan fingerprint density at radius 3 is 2.35 bits per heavy atom. The van der Waals surface area contributed by atoms with Gasteiger partial charge in [-0.15, -0.1) is 0 Å². The molecular formula is C14H15Cl2NO2S. The molecule has 0 spiro atoms. The van der Waals surface area contributed by atoms with Crippen LogP contribution in [0, 0.1) is 17.8 Å². The van der Waals surface area contributed by atoms with Gasteiger partial charge in [0, 0.05) is 22.6 Å². The molecule has 1 heterocycles. The summed E-state index contributed by atoms with van der Waals surface area (Å²) in [6.45, 7) is 0.665. The third-order valence-electron chi connectivity index (χ3n) is 5.21. The summed E-state index contributed by atoms with van der Waals surface area (Å²) < 4.78 is 27.2. The number of sulfonamides is 1. The monoisotopic (exact) mass is 331 g/mol. The molecular weight excluding hydrogens is 317 g/mol. The van der Waals surface area contributed by atoms with Gasteiger partial charge in [-0.25, -0.2) is 8.42 Å². The minimum atomic E-state index is -3.46. The first-order valence-corrected chi connectivity index (χ1v) is 9.14. The average molecular weight is 332 g/mol. The lowest BCUT2D eigenvalue weighted by molar-refractivity contribution is 0.0507. The van der Waals surface area contributed by atoms with Crippen molar-refractivity contribution in [2.75, 3.05) is 6.54 Å². The van der Waals surface area contributed by atoms with Crippen LogP contribution in [0.25, 0.3) is 0 Å².